The molecule has 0 aliphatic rings. The third-order valence-electron chi connectivity index (χ3n) is 4.44. The Labute approximate surface area is 186 Å². The summed E-state index contributed by atoms with van der Waals surface area (Å²) >= 11 is 6.01. The molecule has 160 valence electrons. The van der Waals surface area contributed by atoms with Gasteiger partial charge in [0, 0.05) is 36.3 Å². The van der Waals surface area contributed by atoms with Crippen LogP contribution in [0.25, 0.3) is 5.82 Å². The first-order chi connectivity index (χ1) is 15.4. The second-order valence-electron chi connectivity index (χ2n) is 6.56. The molecule has 2 aromatic carbocycles. The highest BCUT2D eigenvalue weighted by atomic mass is 35.5. The summed E-state index contributed by atoms with van der Waals surface area (Å²) in [6.07, 6.45) is 4.86. The molecule has 0 saturated heterocycles. The van der Waals surface area contributed by atoms with Gasteiger partial charge in [-0.1, -0.05) is 11.6 Å². The van der Waals surface area contributed by atoms with Gasteiger partial charge in [-0.05, 0) is 37.3 Å². The molecular formula is C21H15ClN6O4. The highest BCUT2D eigenvalue weighted by Crippen LogP contribution is 2.25. The van der Waals surface area contributed by atoms with Crippen LogP contribution in [0.15, 0.2) is 67.3 Å². The summed E-state index contributed by atoms with van der Waals surface area (Å²) in [4.78, 5) is 35.2. The van der Waals surface area contributed by atoms with Gasteiger partial charge >= 0.3 is 0 Å². The number of anilines is 1. The third-order valence-corrected chi connectivity index (χ3v) is 4.76. The van der Waals surface area contributed by atoms with Gasteiger partial charge in [0.15, 0.2) is 0 Å². The van der Waals surface area contributed by atoms with E-state index in [4.69, 9.17) is 16.3 Å². The lowest BCUT2D eigenvalue weighted by Crippen LogP contribution is -2.12. The summed E-state index contributed by atoms with van der Waals surface area (Å²) < 4.78 is 7.58. The molecule has 0 spiro atoms. The van der Waals surface area contributed by atoms with Crippen molar-refractivity contribution in [2.45, 2.75) is 6.92 Å². The van der Waals surface area contributed by atoms with Crippen LogP contribution in [0.2, 0.25) is 5.02 Å². The molecule has 0 radical (unpaired) electrons. The maximum atomic E-state index is 12.4. The number of carbonyl (C=O) groups excluding carboxylic acids is 1. The van der Waals surface area contributed by atoms with E-state index in [0.717, 1.165) is 11.9 Å². The maximum absolute atomic E-state index is 12.4. The van der Waals surface area contributed by atoms with Crippen molar-refractivity contribution in [1.29, 1.82) is 0 Å². The SMILES string of the molecule is Cc1nccn1-c1cc(Oc2ccc(NC(=O)c3ccc([N+](=O)[O-])cc3Cl)cc2)ncn1. The molecule has 0 fully saturated rings. The van der Waals surface area contributed by atoms with Crippen LogP contribution in [-0.4, -0.2) is 30.3 Å². The Morgan fingerprint density at radius 3 is 2.56 bits per heavy atom. The van der Waals surface area contributed by atoms with Crippen LogP contribution in [0, 0.1) is 17.0 Å². The predicted octanol–water partition coefficient (Wildman–Crippen LogP) is 4.58. The molecule has 0 unspecified atom stereocenters. The summed E-state index contributed by atoms with van der Waals surface area (Å²) in [5, 5.41) is 13.5. The number of benzene rings is 2. The fourth-order valence-electron chi connectivity index (χ4n) is 2.86. The number of ether oxygens (including phenoxy) is 1. The maximum Gasteiger partial charge on any atom is 0.270 e. The normalized spacial score (nSPS) is 10.6. The Hall–Kier alpha value is -4.31. The molecule has 0 atom stereocenters. The Morgan fingerprint density at radius 1 is 1.12 bits per heavy atom. The number of nitro benzene ring substituents is 1. The van der Waals surface area contributed by atoms with E-state index in [2.05, 4.69) is 20.3 Å². The monoisotopic (exact) mass is 450 g/mol. The first-order valence-electron chi connectivity index (χ1n) is 9.26. The zero-order valence-corrected chi connectivity index (χ0v) is 17.4. The standard InChI is InChI=1S/C21H15ClN6O4/c1-13-23-8-9-27(13)19-11-20(25-12-24-19)32-16-5-2-14(3-6-16)26-21(29)17-7-4-15(28(30)31)10-18(17)22/h2-12H,1H3,(H,26,29). The number of hydrogen-bond donors (Lipinski definition) is 1. The fraction of sp³-hybridized carbons (Fsp3) is 0.0476. The van der Waals surface area contributed by atoms with Gasteiger partial charge < -0.3 is 10.1 Å². The quantitative estimate of drug-likeness (QED) is 0.336. The van der Waals surface area contributed by atoms with Crippen molar-refractivity contribution >= 4 is 28.9 Å². The molecule has 0 bridgehead atoms. The van der Waals surface area contributed by atoms with E-state index in [0.29, 0.717) is 23.1 Å². The number of aromatic nitrogens is 4. The third kappa shape index (κ3) is 4.55. The lowest BCUT2D eigenvalue weighted by Gasteiger charge is -2.09. The fourth-order valence-corrected chi connectivity index (χ4v) is 3.13. The number of nitrogens with zero attached hydrogens (tertiary/aromatic N) is 5. The van der Waals surface area contributed by atoms with Crippen LogP contribution in [0.5, 0.6) is 11.6 Å². The van der Waals surface area contributed by atoms with Gasteiger partial charge in [-0.3, -0.25) is 19.5 Å². The molecule has 4 aromatic rings. The van der Waals surface area contributed by atoms with E-state index >= 15 is 0 Å². The number of carbonyl (C=O) groups is 1. The molecule has 0 saturated carbocycles. The Bertz CT molecular complexity index is 1310. The van der Waals surface area contributed by atoms with Crippen molar-refractivity contribution in [2.75, 3.05) is 5.32 Å². The highest BCUT2D eigenvalue weighted by molar-refractivity contribution is 6.34. The van der Waals surface area contributed by atoms with Crippen LogP contribution < -0.4 is 10.1 Å². The number of rotatable bonds is 6. The predicted molar refractivity (Wildman–Crippen MR) is 116 cm³/mol. The van der Waals surface area contributed by atoms with E-state index in [1.165, 1.54) is 18.5 Å². The lowest BCUT2D eigenvalue weighted by atomic mass is 10.2. The average molecular weight is 451 g/mol. The molecule has 4 rings (SSSR count). The van der Waals surface area contributed by atoms with Crippen LogP contribution in [-0.2, 0) is 0 Å². The van der Waals surface area contributed by atoms with Crippen molar-refractivity contribution < 1.29 is 14.5 Å². The number of imidazole rings is 1. The second kappa shape index (κ2) is 8.82. The van der Waals surface area contributed by atoms with E-state index in [-0.39, 0.29) is 16.3 Å². The molecule has 32 heavy (non-hydrogen) atoms. The van der Waals surface area contributed by atoms with Crippen LogP contribution >= 0.6 is 11.6 Å². The van der Waals surface area contributed by atoms with Crippen molar-refractivity contribution in [3.05, 3.63) is 93.8 Å². The van der Waals surface area contributed by atoms with Gasteiger partial charge in [-0.15, -0.1) is 0 Å². The summed E-state index contributed by atoms with van der Waals surface area (Å²) in [7, 11) is 0. The number of amides is 1. The number of nitrogens with one attached hydrogen (secondary N) is 1. The first kappa shape index (κ1) is 20.9. The number of aryl methyl sites for hydroxylation is 1. The van der Waals surface area contributed by atoms with Crippen molar-refractivity contribution in [1.82, 2.24) is 19.5 Å². The van der Waals surface area contributed by atoms with E-state index < -0.39 is 10.8 Å². The van der Waals surface area contributed by atoms with E-state index in [9.17, 15) is 14.9 Å². The Balaban J connectivity index is 1.44. The molecule has 0 aliphatic carbocycles. The molecule has 1 N–H and O–H groups in total. The molecule has 2 aromatic heterocycles. The molecule has 1 amide bonds. The topological polar surface area (TPSA) is 125 Å². The first-order valence-corrected chi connectivity index (χ1v) is 9.64. The van der Waals surface area contributed by atoms with Gasteiger partial charge in [-0.2, -0.15) is 0 Å². The van der Waals surface area contributed by atoms with Crippen molar-refractivity contribution in [2.24, 2.45) is 0 Å². The summed E-state index contributed by atoms with van der Waals surface area (Å²) in [6, 6.07) is 12.0. The summed E-state index contributed by atoms with van der Waals surface area (Å²) in [6.45, 7) is 1.86. The van der Waals surface area contributed by atoms with Crippen molar-refractivity contribution in [3.63, 3.8) is 0 Å². The molecular weight excluding hydrogens is 436 g/mol. The summed E-state index contributed by atoms with van der Waals surface area (Å²) in [5.41, 5.74) is 0.430. The van der Waals surface area contributed by atoms with Crippen LogP contribution in [0.3, 0.4) is 0 Å². The molecule has 11 heteroatoms. The van der Waals surface area contributed by atoms with Gasteiger partial charge in [0.2, 0.25) is 5.88 Å². The largest absolute Gasteiger partial charge is 0.439 e. The summed E-state index contributed by atoms with van der Waals surface area (Å²) in [5.74, 6) is 1.76. The minimum Gasteiger partial charge on any atom is -0.439 e. The van der Waals surface area contributed by atoms with E-state index in [1.807, 2.05) is 6.92 Å². The zero-order chi connectivity index (χ0) is 22.7. The molecule has 2 heterocycles. The molecule has 10 nitrogen and oxygen atoms in total. The number of nitro groups is 1. The van der Waals surface area contributed by atoms with Crippen molar-refractivity contribution in [3.8, 4) is 17.4 Å². The van der Waals surface area contributed by atoms with Crippen LogP contribution in [0.1, 0.15) is 16.2 Å². The number of non-ortho nitro benzene ring substituents is 1. The average Bonchev–Trinajstić information content (AvgIpc) is 3.21. The van der Waals surface area contributed by atoms with Gasteiger partial charge in [0.25, 0.3) is 11.6 Å². The smallest absolute Gasteiger partial charge is 0.270 e. The molecule has 0 aliphatic heterocycles. The second-order valence-corrected chi connectivity index (χ2v) is 6.97. The number of halogens is 1. The van der Waals surface area contributed by atoms with E-state index in [1.54, 1.807) is 47.3 Å². The zero-order valence-electron chi connectivity index (χ0n) is 16.6. The Morgan fingerprint density at radius 2 is 1.91 bits per heavy atom. The highest BCUT2D eigenvalue weighted by Gasteiger charge is 2.15. The lowest BCUT2D eigenvalue weighted by molar-refractivity contribution is -0.384. The minimum absolute atomic E-state index is 0.00986. The Kier molecular flexibility index (Phi) is 5.77. The number of hydrogen-bond acceptors (Lipinski definition) is 7. The van der Waals surface area contributed by atoms with Gasteiger partial charge in [-0.25, -0.2) is 15.0 Å². The van der Waals surface area contributed by atoms with Crippen LogP contribution in [0.4, 0.5) is 11.4 Å². The van der Waals surface area contributed by atoms with Gasteiger partial charge in [0.05, 0.1) is 15.5 Å². The minimum atomic E-state index is -0.580. The van der Waals surface area contributed by atoms with Gasteiger partial charge in [0.1, 0.15) is 23.7 Å².